The molecular weight excluding hydrogens is 223 g/mol. The molecule has 1 aliphatic rings. The molecule has 0 radical (unpaired) electrons. The van der Waals surface area contributed by atoms with Gasteiger partial charge in [-0.2, -0.15) is 0 Å². The summed E-state index contributed by atoms with van der Waals surface area (Å²) in [5, 5.41) is 2.87. The summed E-state index contributed by atoms with van der Waals surface area (Å²) >= 11 is 0. The number of aromatic nitrogens is 2. The van der Waals surface area contributed by atoms with Crippen molar-refractivity contribution in [1.29, 1.82) is 0 Å². The van der Waals surface area contributed by atoms with Gasteiger partial charge < -0.3 is 10.2 Å². The molecule has 2 rings (SSSR count). The summed E-state index contributed by atoms with van der Waals surface area (Å²) in [4.78, 5) is 20.9. The van der Waals surface area contributed by atoms with Gasteiger partial charge in [-0.25, -0.2) is 14.4 Å². The molecule has 92 valence electrons. The second kappa shape index (κ2) is 5.07. The summed E-state index contributed by atoms with van der Waals surface area (Å²) in [6.07, 6.45) is 2.25. The van der Waals surface area contributed by atoms with Gasteiger partial charge in [0.2, 0.25) is 5.91 Å². The molecule has 0 spiro atoms. The van der Waals surface area contributed by atoms with Crippen LogP contribution in [0.4, 0.5) is 10.2 Å². The minimum Gasteiger partial charge on any atom is -0.354 e. The number of carbonyl (C=O) groups is 1. The van der Waals surface area contributed by atoms with E-state index in [0.717, 1.165) is 18.8 Å². The molecule has 1 atom stereocenters. The van der Waals surface area contributed by atoms with Crippen molar-refractivity contribution in [3.8, 4) is 0 Å². The molecule has 2 heterocycles. The Labute approximate surface area is 99.1 Å². The molecule has 1 amide bonds. The number of nitrogens with one attached hydrogen (secondary N) is 1. The average molecular weight is 238 g/mol. The van der Waals surface area contributed by atoms with Gasteiger partial charge in [0.05, 0.1) is 5.69 Å². The summed E-state index contributed by atoms with van der Waals surface area (Å²) < 4.78 is 12.5. The van der Waals surface area contributed by atoms with E-state index in [4.69, 9.17) is 0 Å². The molecule has 17 heavy (non-hydrogen) atoms. The zero-order valence-electron chi connectivity index (χ0n) is 9.69. The number of hydrogen-bond donors (Lipinski definition) is 1. The standard InChI is InChI=1S/C11H15FN4O/c1-8(17)15-9-2-3-16(6-9)11-4-10(5-12)13-7-14-11/h4,7,9H,2-3,5-6H2,1H3,(H,15,17). The van der Waals surface area contributed by atoms with Gasteiger partial charge in [0.25, 0.3) is 0 Å². The van der Waals surface area contributed by atoms with Crippen molar-refractivity contribution in [1.82, 2.24) is 15.3 Å². The van der Waals surface area contributed by atoms with Crippen molar-refractivity contribution in [3.05, 3.63) is 18.1 Å². The Morgan fingerprint density at radius 2 is 2.47 bits per heavy atom. The van der Waals surface area contributed by atoms with E-state index in [1.165, 1.54) is 13.3 Å². The minimum absolute atomic E-state index is 0.0241. The molecular formula is C11H15FN4O. The quantitative estimate of drug-likeness (QED) is 0.840. The lowest BCUT2D eigenvalue weighted by molar-refractivity contribution is -0.119. The number of anilines is 1. The third kappa shape index (κ3) is 2.89. The van der Waals surface area contributed by atoms with Gasteiger partial charge >= 0.3 is 0 Å². The van der Waals surface area contributed by atoms with E-state index in [9.17, 15) is 9.18 Å². The minimum atomic E-state index is -0.585. The fraction of sp³-hybridized carbons (Fsp3) is 0.545. The van der Waals surface area contributed by atoms with Crippen molar-refractivity contribution in [2.24, 2.45) is 0 Å². The van der Waals surface area contributed by atoms with Crippen LogP contribution >= 0.6 is 0 Å². The molecule has 0 saturated carbocycles. The fourth-order valence-electron chi connectivity index (χ4n) is 2.01. The number of halogens is 1. The number of nitrogens with zero attached hydrogens (tertiary/aromatic N) is 3. The van der Waals surface area contributed by atoms with E-state index >= 15 is 0 Å². The predicted octanol–water partition coefficient (Wildman–Crippen LogP) is 0.661. The van der Waals surface area contributed by atoms with Gasteiger partial charge in [-0.05, 0) is 6.42 Å². The zero-order chi connectivity index (χ0) is 12.3. The monoisotopic (exact) mass is 238 g/mol. The van der Waals surface area contributed by atoms with Crippen LogP contribution in [0.3, 0.4) is 0 Å². The van der Waals surface area contributed by atoms with Crippen molar-refractivity contribution in [2.75, 3.05) is 18.0 Å². The summed E-state index contributed by atoms with van der Waals surface area (Å²) in [7, 11) is 0. The van der Waals surface area contributed by atoms with Gasteiger partial charge in [0.1, 0.15) is 18.8 Å². The first kappa shape index (κ1) is 11.8. The zero-order valence-corrected chi connectivity index (χ0v) is 9.69. The molecule has 1 N–H and O–H groups in total. The highest BCUT2D eigenvalue weighted by atomic mass is 19.1. The molecule has 0 aromatic carbocycles. The summed E-state index contributed by atoms with van der Waals surface area (Å²) in [5.74, 6) is 0.699. The summed E-state index contributed by atoms with van der Waals surface area (Å²) in [5.41, 5.74) is 0.387. The highest BCUT2D eigenvalue weighted by Gasteiger charge is 2.24. The highest BCUT2D eigenvalue weighted by molar-refractivity contribution is 5.73. The summed E-state index contributed by atoms with van der Waals surface area (Å²) in [6, 6.07) is 1.80. The molecule has 1 fully saturated rings. The van der Waals surface area contributed by atoms with Gasteiger partial charge in [-0.1, -0.05) is 0 Å². The van der Waals surface area contributed by atoms with E-state index < -0.39 is 6.67 Å². The fourth-order valence-corrected chi connectivity index (χ4v) is 2.01. The first-order valence-electron chi connectivity index (χ1n) is 5.58. The van der Waals surface area contributed by atoms with Crippen molar-refractivity contribution in [2.45, 2.75) is 26.1 Å². The maximum absolute atomic E-state index is 12.5. The maximum atomic E-state index is 12.5. The molecule has 1 aliphatic heterocycles. The molecule has 1 aromatic rings. The van der Waals surface area contributed by atoms with Crippen LogP contribution in [0.15, 0.2) is 12.4 Å². The number of hydrogen-bond acceptors (Lipinski definition) is 4. The average Bonchev–Trinajstić information content (AvgIpc) is 2.77. The lowest BCUT2D eigenvalue weighted by atomic mass is 10.2. The number of alkyl halides is 1. The molecule has 6 heteroatoms. The summed E-state index contributed by atoms with van der Waals surface area (Å²) in [6.45, 7) is 2.45. The van der Waals surface area contributed by atoms with Crippen molar-refractivity contribution in [3.63, 3.8) is 0 Å². The van der Waals surface area contributed by atoms with E-state index in [2.05, 4.69) is 15.3 Å². The van der Waals surface area contributed by atoms with Crippen LogP contribution in [0.25, 0.3) is 0 Å². The van der Waals surface area contributed by atoms with Gasteiger partial charge in [0.15, 0.2) is 0 Å². The SMILES string of the molecule is CC(=O)NC1CCN(c2cc(CF)ncn2)C1. The first-order valence-corrected chi connectivity index (χ1v) is 5.58. The lowest BCUT2D eigenvalue weighted by Gasteiger charge is -2.17. The lowest BCUT2D eigenvalue weighted by Crippen LogP contribution is -2.35. The second-order valence-corrected chi connectivity index (χ2v) is 4.13. The largest absolute Gasteiger partial charge is 0.354 e. The van der Waals surface area contributed by atoms with Crippen LogP contribution < -0.4 is 10.2 Å². The smallest absolute Gasteiger partial charge is 0.217 e. The van der Waals surface area contributed by atoms with E-state index in [-0.39, 0.29) is 11.9 Å². The van der Waals surface area contributed by atoms with Crippen LogP contribution in [-0.4, -0.2) is 35.0 Å². The van der Waals surface area contributed by atoms with E-state index in [1.807, 2.05) is 4.90 Å². The third-order valence-electron chi connectivity index (χ3n) is 2.77. The van der Waals surface area contributed by atoms with Crippen LogP contribution in [0.5, 0.6) is 0 Å². The van der Waals surface area contributed by atoms with Crippen molar-refractivity contribution >= 4 is 11.7 Å². The van der Waals surface area contributed by atoms with E-state index in [0.29, 0.717) is 12.2 Å². The topological polar surface area (TPSA) is 58.1 Å². The van der Waals surface area contributed by atoms with Crippen LogP contribution in [-0.2, 0) is 11.5 Å². The Morgan fingerprint density at radius 3 is 3.18 bits per heavy atom. The molecule has 1 aromatic heterocycles. The number of carbonyl (C=O) groups excluding carboxylic acids is 1. The molecule has 1 unspecified atom stereocenters. The Hall–Kier alpha value is -1.72. The van der Waals surface area contributed by atoms with E-state index in [1.54, 1.807) is 6.07 Å². The Morgan fingerprint density at radius 1 is 1.65 bits per heavy atom. The molecule has 1 saturated heterocycles. The molecule has 5 nitrogen and oxygen atoms in total. The first-order chi connectivity index (χ1) is 8.19. The second-order valence-electron chi connectivity index (χ2n) is 4.13. The van der Waals surface area contributed by atoms with Crippen LogP contribution in [0.1, 0.15) is 19.0 Å². The van der Waals surface area contributed by atoms with Gasteiger partial charge in [-0.3, -0.25) is 4.79 Å². The molecule has 0 aliphatic carbocycles. The third-order valence-corrected chi connectivity index (χ3v) is 2.77. The Bertz CT molecular complexity index is 412. The van der Waals surface area contributed by atoms with Crippen molar-refractivity contribution < 1.29 is 9.18 Å². The Balaban J connectivity index is 2.01. The normalized spacial score (nSPS) is 19.4. The van der Waals surface area contributed by atoms with Gasteiger partial charge in [0, 0.05) is 32.1 Å². The van der Waals surface area contributed by atoms with Crippen LogP contribution in [0, 0.1) is 0 Å². The van der Waals surface area contributed by atoms with Gasteiger partial charge in [-0.15, -0.1) is 0 Å². The predicted molar refractivity (Wildman–Crippen MR) is 61.3 cm³/mol. The Kier molecular flexibility index (Phi) is 3.51. The highest BCUT2D eigenvalue weighted by Crippen LogP contribution is 2.18. The van der Waals surface area contributed by atoms with Crippen LogP contribution in [0.2, 0.25) is 0 Å². The molecule has 0 bridgehead atoms. The maximum Gasteiger partial charge on any atom is 0.217 e. The number of amides is 1. The number of rotatable bonds is 3.